The Kier molecular flexibility index (Phi) is 13.1. The molecule has 1 N–H and O–H groups in total. The highest BCUT2D eigenvalue weighted by molar-refractivity contribution is 6.34. The number of carboxylic acids is 1. The van der Waals surface area contributed by atoms with Crippen molar-refractivity contribution in [3.8, 4) is 5.75 Å². The minimum atomic E-state index is -1.11. The fourth-order valence-corrected chi connectivity index (χ4v) is 6.37. The van der Waals surface area contributed by atoms with E-state index in [9.17, 15) is 19.5 Å². The molecule has 0 radical (unpaired) electrons. The zero-order valence-electron chi connectivity index (χ0n) is 30.2. The largest absolute Gasteiger partial charge is 0.489 e. The Labute approximate surface area is 309 Å². The number of para-hydroxylation sites is 1. The molecular formula is C42H46ClN3O6. The molecular weight excluding hydrogens is 678 g/mol. The molecule has 0 saturated carbocycles. The summed E-state index contributed by atoms with van der Waals surface area (Å²) in [5.41, 5.74) is 3.52. The third-order valence-corrected chi connectivity index (χ3v) is 9.42. The van der Waals surface area contributed by atoms with Gasteiger partial charge < -0.3 is 14.6 Å². The average molecular weight is 724 g/mol. The number of aromatic nitrogens is 2. The summed E-state index contributed by atoms with van der Waals surface area (Å²) in [6.07, 6.45) is 3.11. The molecule has 0 spiro atoms. The second kappa shape index (κ2) is 17.9. The number of benzene rings is 4. The Morgan fingerprint density at radius 2 is 1.63 bits per heavy atom. The second-order valence-corrected chi connectivity index (χ2v) is 13.6. The van der Waals surface area contributed by atoms with Gasteiger partial charge in [0, 0.05) is 18.4 Å². The van der Waals surface area contributed by atoms with Crippen molar-refractivity contribution < 1.29 is 24.2 Å². The van der Waals surface area contributed by atoms with E-state index in [1.165, 1.54) is 15.8 Å². The maximum atomic E-state index is 14.4. The van der Waals surface area contributed by atoms with Crippen molar-refractivity contribution in [2.24, 2.45) is 5.92 Å². The van der Waals surface area contributed by atoms with Gasteiger partial charge in [-0.15, -0.1) is 0 Å². The van der Waals surface area contributed by atoms with Crippen LogP contribution in [0.5, 0.6) is 5.75 Å². The molecule has 4 aromatic carbocycles. The first-order chi connectivity index (χ1) is 25.1. The van der Waals surface area contributed by atoms with Crippen molar-refractivity contribution in [2.45, 2.75) is 85.5 Å². The number of fused-ring (bicyclic) bond motifs is 1. The zero-order valence-corrected chi connectivity index (χ0v) is 30.9. The number of rotatable bonds is 16. The molecule has 1 unspecified atom stereocenters. The van der Waals surface area contributed by atoms with Crippen LogP contribution >= 0.6 is 11.6 Å². The molecule has 1 heterocycles. The Hall–Kier alpha value is -5.15. The average Bonchev–Trinajstić information content (AvgIpc) is 3.13. The Morgan fingerprint density at radius 1 is 0.885 bits per heavy atom. The molecule has 10 heteroatoms. The standard InChI is InChI=1S/C42H46ClN3O6/c1-5-7-21-38-44-35-20-12-11-18-33(35)40(47)46(38)45(42(50)52-37(28(3)4)25-29-15-9-8-10-16-29)26-30-22-23-36(31(24-30)14-6-2)51-27-32-17-13-19-34(39(32)43)41(48)49/h8-13,15-20,22-24,28,37H,5-7,14,21,25-27H2,1-4H3,(H,48,49). The van der Waals surface area contributed by atoms with Gasteiger partial charge in [0.2, 0.25) is 0 Å². The summed E-state index contributed by atoms with van der Waals surface area (Å²) in [6.45, 7) is 8.28. The van der Waals surface area contributed by atoms with Gasteiger partial charge in [-0.3, -0.25) is 4.79 Å². The van der Waals surface area contributed by atoms with E-state index in [1.54, 1.807) is 24.3 Å². The van der Waals surface area contributed by atoms with Crippen LogP contribution in [-0.4, -0.2) is 32.9 Å². The van der Waals surface area contributed by atoms with Crippen LogP contribution in [0.4, 0.5) is 4.79 Å². The summed E-state index contributed by atoms with van der Waals surface area (Å²) in [5, 5.41) is 11.4. The molecule has 0 saturated heterocycles. The number of nitrogens with zero attached hydrogens (tertiary/aromatic N) is 3. The lowest BCUT2D eigenvalue weighted by atomic mass is 9.99. The first-order valence-electron chi connectivity index (χ1n) is 17.9. The predicted octanol–water partition coefficient (Wildman–Crippen LogP) is 9.16. The summed E-state index contributed by atoms with van der Waals surface area (Å²) in [6, 6.07) is 27.6. The topological polar surface area (TPSA) is 111 Å². The first kappa shape index (κ1) is 38.1. The van der Waals surface area contributed by atoms with Gasteiger partial charge in [0.1, 0.15) is 24.3 Å². The Bertz CT molecular complexity index is 2060. The first-order valence-corrected chi connectivity index (χ1v) is 18.3. The normalized spacial score (nSPS) is 11.8. The number of carbonyl (C=O) groups is 2. The van der Waals surface area contributed by atoms with Crippen molar-refractivity contribution in [1.82, 2.24) is 9.66 Å². The quantitative estimate of drug-likeness (QED) is 0.108. The van der Waals surface area contributed by atoms with Gasteiger partial charge in [0.15, 0.2) is 0 Å². The van der Waals surface area contributed by atoms with Crippen LogP contribution in [0.15, 0.2) is 95.8 Å². The number of halogens is 1. The maximum Gasteiger partial charge on any atom is 0.429 e. The third kappa shape index (κ3) is 9.19. The summed E-state index contributed by atoms with van der Waals surface area (Å²) in [5.74, 6) is 0.00639. The van der Waals surface area contributed by atoms with Crippen LogP contribution in [0.1, 0.15) is 85.4 Å². The number of unbranched alkanes of at least 4 members (excludes halogenated alkanes) is 1. The van der Waals surface area contributed by atoms with E-state index in [1.807, 2.05) is 74.5 Å². The fraction of sp³-hybridized carbons (Fsp3) is 0.333. The smallest absolute Gasteiger partial charge is 0.429 e. The van der Waals surface area contributed by atoms with Crippen LogP contribution in [0.25, 0.3) is 10.9 Å². The van der Waals surface area contributed by atoms with Crippen molar-refractivity contribution >= 4 is 34.6 Å². The minimum Gasteiger partial charge on any atom is -0.489 e. The van der Waals surface area contributed by atoms with Crippen LogP contribution in [0.2, 0.25) is 5.02 Å². The SMILES string of the molecule is CCCCc1nc2ccccc2c(=O)n1N(Cc1ccc(OCc2cccc(C(=O)O)c2Cl)c(CCC)c1)C(=O)OC(Cc1ccccc1)C(C)C. The van der Waals surface area contributed by atoms with E-state index in [4.69, 9.17) is 26.1 Å². The van der Waals surface area contributed by atoms with Gasteiger partial charge >= 0.3 is 12.1 Å². The van der Waals surface area contributed by atoms with E-state index >= 15 is 0 Å². The van der Waals surface area contributed by atoms with E-state index in [0.717, 1.165) is 36.0 Å². The van der Waals surface area contributed by atoms with Gasteiger partial charge in [-0.25, -0.2) is 19.6 Å². The van der Waals surface area contributed by atoms with Gasteiger partial charge in [0.05, 0.1) is 28.0 Å². The number of ether oxygens (including phenoxy) is 2. The molecule has 0 aliphatic carbocycles. The highest BCUT2D eigenvalue weighted by Crippen LogP contribution is 2.27. The molecule has 272 valence electrons. The molecule has 5 aromatic rings. The molecule has 0 fully saturated rings. The number of carboxylic acid groups (broad SMARTS) is 1. The molecule has 0 aliphatic heterocycles. The van der Waals surface area contributed by atoms with Gasteiger partial charge in [0.25, 0.3) is 5.56 Å². The maximum absolute atomic E-state index is 14.4. The molecule has 52 heavy (non-hydrogen) atoms. The number of carbonyl (C=O) groups excluding carboxylic acids is 1. The lowest BCUT2D eigenvalue weighted by Crippen LogP contribution is -2.49. The number of hydrogen-bond donors (Lipinski definition) is 1. The Balaban J connectivity index is 1.54. The highest BCUT2D eigenvalue weighted by Gasteiger charge is 2.28. The molecule has 1 aromatic heterocycles. The molecule has 0 bridgehead atoms. The molecule has 5 rings (SSSR count). The molecule has 9 nitrogen and oxygen atoms in total. The zero-order chi connectivity index (χ0) is 37.2. The van der Waals surface area contributed by atoms with Gasteiger partial charge in [-0.05, 0) is 59.7 Å². The Morgan fingerprint density at radius 3 is 2.35 bits per heavy atom. The van der Waals surface area contributed by atoms with E-state index in [-0.39, 0.29) is 35.2 Å². The van der Waals surface area contributed by atoms with Gasteiger partial charge in [-0.2, -0.15) is 4.68 Å². The van der Waals surface area contributed by atoms with Crippen LogP contribution < -0.4 is 15.3 Å². The minimum absolute atomic E-state index is 0.00861. The number of amides is 1. The van der Waals surface area contributed by atoms with Crippen molar-refractivity contribution in [2.75, 3.05) is 5.01 Å². The second-order valence-electron chi connectivity index (χ2n) is 13.2. The van der Waals surface area contributed by atoms with Crippen LogP contribution in [0, 0.1) is 5.92 Å². The van der Waals surface area contributed by atoms with E-state index in [2.05, 4.69) is 13.8 Å². The number of hydrogen-bond acceptors (Lipinski definition) is 6. The van der Waals surface area contributed by atoms with Gasteiger partial charge in [-0.1, -0.05) is 119 Å². The summed E-state index contributed by atoms with van der Waals surface area (Å²) in [4.78, 5) is 45.2. The van der Waals surface area contributed by atoms with Crippen molar-refractivity contribution in [1.29, 1.82) is 0 Å². The number of aromatic carboxylic acids is 1. The molecule has 1 atom stereocenters. The fourth-order valence-electron chi connectivity index (χ4n) is 6.10. The molecule has 0 aliphatic rings. The number of aryl methyl sites for hydroxylation is 2. The summed E-state index contributed by atoms with van der Waals surface area (Å²) < 4.78 is 13.9. The summed E-state index contributed by atoms with van der Waals surface area (Å²) >= 11 is 6.39. The summed E-state index contributed by atoms with van der Waals surface area (Å²) in [7, 11) is 0. The lowest BCUT2D eigenvalue weighted by molar-refractivity contribution is 0.0694. The van der Waals surface area contributed by atoms with Crippen molar-refractivity contribution in [3.63, 3.8) is 0 Å². The molecule has 1 amide bonds. The predicted molar refractivity (Wildman–Crippen MR) is 205 cm³/mol. The highest BCUT2D eigenvalue weighted by atomic mass is 35.5. The third-order valence-electron chi connectivity index (χ3n) is 8.97. The van der Waals surface area contributed by atoms with Crippen LogP contribution in [-0.2, 0) is 37.2 Å². The van der Waals surface area contributed by atoms with Crippen molar-refractivity contribution in [3.05, 3.63) is 140 Å². The van der Waals surface area contributed by atoms with E-state index in [0.29, 0.717) is 47.3 Å². The monoisotopic (exact) mass is 723 g/mol. The van der Waals surface area contributed by atoms with Crippen LogP contribution in [0.3, 0.4) is 0 Å². The van der Waals surface area contributed by atoms with E-state index < -0.39 is 18.2 Å². The lowest BCUT2D eigenvalue weighted by Gasteiger charge is -2.30.